The number of ether oxygens (including phenoxy) is 2. The molecule has 0 spiro atoms. The van der Waals surface area contributed by atoms with Gasteiger partial charge in [0.25, 0.3) is 5.91 Å². The Labute approximate surface area is 260 Å². The Morgan fingerprint density at radius 1 is 1.09 bits per heavy atom. The number of carbonyl (C=O) groups is 4. The van der Waals surface area contributed by atoms with E-state index in [1.807, 2.05) is 0 Å². The molecule has 0 aliphatic rings. The van der Waals surface area contributed by atoms with Crippen molar-refractivity contribution in [2.24, 2.45) is 0 Å². The van der Waals surface area contributed by atoms with Crippen LogP contribution >= 0.6 is 34.7 Å². The Bertz CT molecular complexity index is 1630. The van der Waals surface area contributed by atoms with Crippen molar-refractivity contribution in [3.05, 3.63) is 75.3 Å². The zero-order chi connectivity index (χ0) is 31.1. The number of amides is 2. The molecular formula is C28H28ClN5O7S2. The third kappa shape index (κ3) is 7.45. The van der Waals surface area contributed by atoms with Crippen LogP contribution in [0.3, 0.4) is 0 Å². The summed E-state index contributed by atoms with van der Waals surface area (Å²) in [4.78, 5) is 51.3. The molecule has 0 fully saturated rings. The minimum absolute atomic E-state index is 0.00813. The molecule has 12 nitrogen and oxygen atoms in total. The summed E-state index contributed by atoms with van der Waals surface area (Å²) >= 11 is 8.29. The molecular weight excluding hydrogens is 618 g/mol. The Morgan fingerprint density at radius 3 is 2.51 bits per heavy atom. The molecule has 0 unspecified atom stereocenters. The zero-order valence-electron chi connectivity index (χ0n) is 23.6. The van der Waals surface area contributed by atoms with Gasteiger partial charge in [-0.3, -0.25) is 14.2 Å². The molecule has 0 radical (unpaired) electrons. The average molecular weight is 646 g/mol. The number of benzene rings is 1. The smallest absolute Gasteiger partial charge is 0.348 e. The molecule has 2 N–H and O–H groups in total. The largest absolute Gasteiger partial charge is 0.462 e. The number of nitrogens with zero attached hydrogens (tertiary/aromatic N) is 3. The fourth-order valence-corrected chi connectivity index (χ4v) is 6.05. The van der Waals surface area contributed by atoms with Gasteiger partial charge in [-0.25, -0.2) is 9.59 Å². The number of halogens is 1. The lowest BCUT2D eigenvalue weighted by atomic mass is 10.1. The van der Waals surface area contributed by atoms with Crippen molar-refractivity contribution >= 4 is 63.5 Å². The molecule has 0 bridgehead atoms. The van der Waals surface area contributed by atoms with E-state index in [-0.39, 0.29) is 41.0 Å². The van der Waals surface area contributed by atoms with Gasteiger partial charge in [0, 0.05) is 5.02 Å². The summed E-state index contributed by atoms with van der Waals surface area (Å²) in [7, 11) is 0. The third-order valence-electron chi connectivity index (χ3n) is 5.89. The van der Waals surface area contributed by atoms with Gasteiger partial charge in [0.1, 0.15) is 9.88 Å². The number of hydrogen-bond acceptors (Lipinski definition) is 11. The van der Waals surface area contributed by atoms with Crippen molar-refractivity contribution in [3.8, 4) is 5.69 Å². The van der Waals surface area contributed by atoms with Gasteiger partial charge < -0.3 is 24.5 Å². The topological polar surface area (TPSA) is 155 Å². The number of hydrogen-bond donors (Lipinski definition) is 2. The van der Waals surface area contributed by atoms with Gasteiger partial charge in [-0.15, -0.1) is 21.5 Å². The summed E-state index contributed by atoms with van der Waals surface area (Å²) in [5.41, 5.74) is 1.07. The van der Waals surface area contributed by atoms with Crippen LogP contribution in [-0.4, -0.2) is 57.0 Å². The minimum Gasteiger partial charge on any atom is -0.462 e. The van der Waals surface area contributed by atoms with E-state index in [0.29, 0.717) is 27.3 Å². The summed E-state index contributed by atoms with van der Waals surface area (Å²) in [6, 6.07) is 10.1. The first-order valence-corrected chi connectivity index (χ1v) is 15.2. The van der Waals surface area contributed by atoms with Gasteiger partial charge in [0.2, 0.25) is 5.91 Å². The molecule has 0 saturated carbocycles. The summed E-state index contributed by atoms with van der Waals surface area (Å²) in [5.74, 6) is -1.62. The lowest BCUT2D eigenvalue weighted by molar-refractivity contribution is -0.115. The first kappa shape index (κ1) is 31.8. The molecule has 15 heteroatoms. The highest BCUT2D eigenvalue weighted by molar-refractivity contribution is 8.00. The van der Waals surface area contributed by atoms with Crippen LogP contribution in [0.15, 0.2) is 52.2 Å². The Morgan fingerprint density at radius 2 is 1.84 bits per heavy atom. The molecule has 3 aromatic heterocycles. The fraction of sp³-hybridized carbons (Fsp3) is 0.286. The van der Waals surface area contributed by atoms with Crippen molar-refractivity contribution < 1.29 is 33.1 Å². The quantitative estimate of drug-likeness (QED) is 0.153. The molecule has 4 rings (SSSR count). The summed E-state index contributed by atoms with van der Waals surface area (Å²) in [6.07, 6.45) is 1.40. The normalized spacial score (nSPS) is 11.6. The van der Waals surface area contributed by atoms with E-state index in [4.69, 9.17) is 25.5 Å². The predicted octanol–water partition coefficient (Wildman–Crippen LogP) is 5.29. The van der Waals surface area contributed by atoms with E-state index in [2.05, 4.69) is 20.8 Å². The summed E-state index contributed by atoms with van der Waals surface area (Å²) < 4.78 is 17.1. The summed E-state index contributed by atoms with van der Waals surface area (Å²) in [6.45, 7) is 6.88. The first-order valence-electron chi connectivity index (χ1n) is 13.1. The Kier molecular flexibility index (Phi) is 10.6. The van der Waals surface area contributed by atoms with E-state index in [0.717, 1.165) is 23.1 Å². The van der Waals surface area contributed by atoms with Crippen LogP contribution in [0.1, 0.15) is 62.7 Å². The number of thiophene rings is 1. The van der Waals surface area contributed by atoms with Crippen molar-refractivity contribution in [3.63, 3.8) is 0 Å². The molecule has 2 amide bonds. The number of furan rings is 1. The maximum atomic E-state index is 13.4. The van der Waals surface area contributed by atoms with Crippen molar-refractivity contribution in [2.75, 3.05) is 18.5 Å². The average Bonchev–Trinajstić information content (AvgIpc) is 3.71. The van der Waals surface area contributed by atoms with Gasteiger partial charge in [-0.1, -0.05) is 29.4 Å². The van der Waals surface area contributed by atoms with Crippen LogP contribution < -0.4 is 10.6 Å². The van der Waals surface area contributed by atoms with Crippen LogP contribution in [-0.2, 0) is 20.8 Å². The number of nitrogens with one attached hydrogen (secondary N) is 2. The Balaban J connectivity index is 1.59. The number of carbonyl (C=O) groups excluding carboxylic acids is 4. The Hall–Kier alpha value is -4.14. The standard InChI is InChI=1S/C28H28ClN5O7S2/c1-5-39-26(37)21-15(3)22(27(38)40-6-2)43-25(21)31-23(35)16(4)42-28-33-32-20(14-30-24(36)19-11-8-12-41-19)34(28)18-10-7-9-17(29)13-18/h7-13,16H,5-6,14H2,1-4H3,(H,30,36)(H,31,35)/t16-/m0/s1. The maximum Gasteiger partial charge on any atom is 0.348 e. The molecule has 0 aliphatic heterocycles. The molecule has 0 aliphatic carbocycles. The third-order valence-corrected chi connectivity index (χ3v) is 8.36. The van der Waals surface area contributed by atoms with Crippen molar-refractivity contribution in [1.29, 1.82) is 0 Å². The monoisotopic (exact) mass is 645 g/mol. The minimum atomic E-state index is -0.740. The second-order valence-corrected chi connectivity index (χ2v) is 11.6. The first-order chi connectivity index (χ1) is 20.6. The van der Waals surface area contributed by atoms with Gasteiger partial charge in [-0.05, 0) is 63.6 Å². The molecule has 3 heterocycles. The van der Waals surface area contributed by atoms with Gasteiger partial charge in [-0.2, -0.15) is 0 Å². The molecule has 0 saturated heterocycles. The summed E-state index contributed by atoms with van der Waals surface area (Å²) in [5, 5.41) is 14.3. The van der Waals surface area contributed by atoms with Gasteiger partial charge in [0.05, 0.1) is 42.5 Å². The van der Waals surface area contributed by atoms with E-state index in [9.17, 15) is 19.2 Å². The maximum absolute atomic E-state index is 13.4. The number of anilines is 1. The molecule has 4 aromatic rings. The number of thioether (sulfide) groups is 1. The molecule has 226 valence electrons. The highest BCUT2D eigenvalue weighted by atomic mass is 35.5. The number of esters is 2. The lowest BCUT2D eigenvalue weighted by Gasteiger charge is -2.14. The van der Waals surface area contributed by atoms with Crippen molar-refractivity contribution in [2.45, 2.75) is 44.6 Å². The molecule has 43 heavy (non-hydrogen) atoms. The van der Waals surface area contributed by atoms with Crippen LogP contribution in [0.25, 0.3) is 5.69 Å². The molecule has 1 atom stereocenters. The van der Waals surface area contributed by atoms with Crippen LogP contribution in [0, 0.1) is 6.92 Å². The van der Waals surface area contributed by atoms with E-state index >= 15 is 0 Å². The predicted molar refractivity (Wildman–Crippen MR) is 161 cm³/mol. The van der Waals surface area contributed by atoms with Gasteiger partial charge in [0.15, 0.2) is 16.7 Å². The molecule has 1 aromatic carbocycles. The highest BCUT2D eigenvalue weighted by Gasteiger charge is 2.29. The van der Waals surface area contributed by atoms with Crippen molar-refractivity contribution in [1.82, 2.24) is 20.1 Å². The SMILES string of the molecule is CCOC(=O)c1sc(NC(=O)[C@H](C)Sc2nnc(CNC(=O)c3ccco3)n2-c2cccc(Cl)c2)c(C(=O)OCC)c1C. The second kappa shape index (κ2) is 14.4. The van der Waals surface area contributed by atoms with Gasteiger partial charge >= 0.3 is 11.9 Å². The fourth-order valence-electron chi connectivity index (χ4n) is 3.89. The van der Waals surface area contributed by atoms with E-state index in [1.54, 1.807) is 62.6 Å². The number of rotatable bonds is 12. The van der Waals surface area contributed by atoms with E-state index in [1.165, 1.54) is 12.3 Å². The van der Waals surface area contributed by atoms with Crippen LogP contribution in [0.4, 0.5) is 5.00 Å². The highest BCUT2D eigenvalue weighted by Crippen LogP contribution is 2.35. The second-order valence-electron chi connectivity index (χ2n) is 8.82. The number of aromatic nitrogens is 3. The lowest BCUT2D eigenvalue weighted by Crippen LogP contribution is -2.25. The van der Waals surface area contributed by atoms with Crippen LogP contribution in [0.2, 0.25) is 5.02 Å². The van der Waals surface area contributed by atoms with E-state index < -0.39 is 29.0 Å². The zero-order valence-corrected chi connectivity index (χ0v) is 26.0. The van der Waals surface area contributed by atoms with Crippen LogP contribution in [0.5, 0.6) is 0 Å².